The van der Waals surface area contributed by atoms with Crippen molar-refractivity contribution in [3.63, 3.8) is 0 Å². The number of hydrogen-bond donors (Lipinski definition) is 2. The van der Waals surface area contributed by atoms with Crippen LogP contribution in [0.5, 0.6) is 0 Å². The minimum atomic E-state index is -0.227. The summed E-state index contributed by atoms with van der Waals surface area (Å²) in [6.45, 7) is 5.96. The lowest BCUT2D eigenvalue weighted by molar-refractivity contribution is -0.118. The van der Waals surface area contributed by atoms with Gasteiger partial charge in [0.25, 0.3) is 0 Å². The summed E-state index contributed by atoms with van der Waals surface area (Å²) in [6.07, 6.45) is 3.85. The van der Waals surface area contributed by atoms with E-state index in [1.54, 1.807) is 0 Å². The minimum absolute atomic E-state index is 0.0412. The lowest BCUT2D eigenvalue weighted by Gasteiger charge is -2.19. The van der Waals surface area contributed by atoms with Crippen LogP contribution in [-0.2, 0) is 9.53 Å². The van der Waals surface area contributed by atoms with Crippen LogP contribution < -0.4 is 11.1 Å². The molecule has 1 atom stereocenters. The van der Waals surface area contributed by atoms with Crippen molar-refractivity contribution in [2.24, 2.45) is 5.73 Å². The molecule has 0 bridgehead atoms. The highest BCUT2D eigenvalue weighted by Gasteiger charge is 2.30. The molecule has 1 fully saturated rings. The molecule has 1 saturated heterocycles. The van der Waals surface area contributed by atoms with Gasteiger partial charge in [0, 0.05) is 13.0 Å². The van der Waals surface area contributed by atoms with Gasteiger partial charge in [0.05, 0.1) is 11.7 Å². The van der Waals surface area contributed by atoms with Gasteiger partial charge in [-0.1, -0.05) is 0 Å². The van der Waals surface area contributed by atoms with Gasteiger partial charge in [-0.3, -0.25) is 4.79 Å². The van der Waals surface area contributed by atoms with Gasteiger partial charge >= 0.3 is 0 Å². The average Bonchev–Trinajstić information content (AvgIpc) is 2.44. The summed E-state index contributed by atoms with van der Waals surface area (Å²) in [5.74, 6) is -0.227. The number of amides is 1. The molecule has 0 aliphatic carbocycles. The lowest BCUT2D eigenvalue weighted by atomic mass is 10.1. The van der Waals surface area contributed by atoms with Crippen LogP contribution in [0.1, 0.15) is 39.5 Å². The summed E-state index contributed by atoms with van der Waals surface area (Å²) >= 11 is 0. The van der Waals surface area contributed by atoms with Crippen molar-refractivity contribution in [3.8, 4) is 0 Å². The molecule has 0 aromatic carbocycles. The molecule has 1 amide bonds. The molecule has 1 heterocycles. The van der Waals surface area contributed by atoms with Crippen LogP contribution >= 0.6 is 0 Å². The number of primary amides is 1. The van der Waals surface area contributed by atoms with E-state index in [-0.39, 0.29) is 11.5 Å². The third-order valence-electron chi connectivity index (χ3n) is 2.70. The molecule has 4 nitrogen and oxygen atoms in total. The molecule has 1 rings (SSSR count). The molecule has 0 radical (unpaired) electrons. The number of rotatable bonds is 6. The van der Waals surface area contributed by atoms with E-state index < -0.39 is 0 Å². The van der Waals surface area contributed by atoms with E-state index >= 15 is 0 Å². The molecule has 0 spiro atoms. The number of carbonyl (C=O) groups is 1. The number of nitrogens with two attached hydrogens (primary N) is 1. The summed E-state index contributed by atoms with van der Waals surface area (Å²) in [4.78, 5) is 10.5. The predicted octanol–water partition coefficient (Wildman–Crippen LogP) is 0.799. The zero-order chi connectivity index (χ0) is 11.3. The highest BCUT2D eigenvalue weighted by atomic mass is 16.5. The Morgan fingerprint density at radius 3 is 2.87 bits per heavy atom. The molecular weight excluding hydrogens is 192 g/mol. The van der Waals surface area contributed by atoms with Crippen molar-refractivity contribution in [2.45, 2.75) is 51.2 Å². The zero-order valence-electron chi connectivity index (χ0n) is 9.71. The maximum atomic E-state index is 10.5. The van der Waals surface area contributed by atoms with E-state index in [1.807, 2.05) is 0 Å². The van der Waals surface area contributed by atoms with Crippen LogP contribution in [0.2, 0.25) is 0 Å². The summed E-state index contributed by atoms with van der Waals surface area (Å²) in [5, 5.41) is 3.29. The van der Waals surface area contributed by atoms with Crippen LogP contribution in [0, 0.1) is 0 Å². The molecule has 1 aliphatic heterocycles. The quantitative estimate of drug-likeness (QED) is 0.643. The zero-order valence-corrected chi connectivity index (χ0v) is 9.71. The summed E-state index contributed by atoms with van der Waals surface area (Å²) < 4.78 is 5.82. The first-order valence-corrected chi connectivity index (χ1v) is 5.66. The van der Waals surface area contributed by atoms with Crippen LogP contribution in [-0.4, -0.2) is 30.7 Å². The van der Waals surface area contributed by atoms with Crippen LogP contribution in [0.15, 0.2) is 0 Å². The first-order chi connectivity index (χ1) is 6.99. The Morgan fingerprint density at radius 1 is 1.60 bits per heavy atom. The van der Waals surface area contributed by atoms with Gasteiger partial charge in [0.15, 0.2) is 0 Å². The second-order valence-corrected chi connectivity index (χ2v) is 4.81. The summed E-state index contributed by atoms with van der Waals surface area (Å²) in [7, 11) is 0. The van der Waals surface area contributed by atoms with Crippen molar-refractivity contribution in [3.05, 3.63) is 0 Å². The Kier molecular flexibility index (Phi) is 4.54. The smallest absolute Gasteiger partial charge is 0.217 e. The molecule has 4 heteroatoms. The highest BCUT2D eigenvalue weighted by molar-refractivity contribution is 5.73. The van der Waals surface area contributed by atoms with Crippen molar-refractivity contribution in [1.29, 1.82) is 0 Å². The normalized spacial score (nSPS) is 24.3. The second kappa shape index (κ2) is 5.47. The molecule has 15 heavy (non-hydrogen) atoms. The van der Waals surface area contributed by atoms with E-state index in [4.69, 9.17) is 10.5 Å². The van der Waals surface area contributed by atoms with E-state index in [1.165, 1.54) is 0 Å². The van der Waals surface area contributed by atoms with Crippen LogP contribution in [0.3, 0.4) is 0 Å². The Bertz CT molecular complexity index is 217. The van der Waals surface area contributed by atoms with E-state index in [0.717, 1.165) is 32.4 Å². The maximum absolute atomic E-state index is 10.5. The highest BCUT2D eigenvalue weighted by Crippen LogP contribution is 2.28. The summed E-state index contributed by atoms with van der Waals surface area (Å²) in [6, 6.07) is 0. The van der Waals surface area contributed by atoms with Gasteiger partial charge in [0.2, 0.25) is 5.91 Å². The van der Waals surface area contributed by atoms with Gasteiger partial charge < -0.3 is 15.8 Å². The predicted molar refractivity (Wildman–Crippen MR) is 59.5 cm³/mol. The molecule has 0 saturated carbocycles. The van der Waals surface area contributed by atoms with Crippen LogP contribution in [0.25, 0.3) is 0 Å². The third kappa shape index (κ3) is 5.14. The first-order valence-electron chi connectivity index (χ1n) is 5.66. The molecule has 3 N–H and O–H groups in total. The fourth-order valence-corrected chi connectivity index (χ4v) is 1.87. The third-order valence-corrected chi connectivity index (χ3v) is 2.70. The SMILES string of the molecule is CC1(C)CCC(CNCCCC(N)=O)O1. The first kappa shape index (κ1) is 12.5. The number of carbonyl (C=O) groups excluding carboxylic acids is 1. The monoisotopic (exact) mass is 214 g/mol. The van der Waals surface area contributed by atoms with E-state index in [2.05, 4.69) is 19.2 Å². The number of nitrogens with one attached hydrogen (secondary N) is 1. The van der Waals surface area contributed by atoms with E-state index in [9.17, 15) is 4.79 Å². The fourth-order valence-electron chi connectivity index (χ4n) is 1.87. The number of hydrogen-bond acceptors (Lipinski definition) is 3. The largest absolute Gasteiger partial charge is 0.371 e. The minimum Gasteiger partial charge on any atom is -0.371 e. The van der Waals surface area contributed by atoms with Gasteiger partial charge in [0.1, 0.15) is 0 Å². The van der Waals surface area contributed by atoms with Crippen molar-refractivity contribution in [2.75, 3.05) is 13.1 Å². The summed E-state index contributed by atoms with van der Waals surface area (Å²) in [5.41, 5.74) is 5.08. The molecule has 0 aromatic heterocycles. The van der Waals surface area contributed by atoms with Gasteiger partial charge in [-0.2, -0.15) is 0 Å². The second-order valence-electron chi connectivity index (χ2n) is 4.81. The van der Waals surface area contributed by atoms with Gasteiger partial charge in [-0.05, 0) is 39.7 Å². The van der Waals surface area contributed by atoms with Crippen molar-refractivity contribution >= 4 is 5.91 Å². The lowest BCUT2D eigenvalue weighted by Crippen LogP contribution is -2.30. The molecule has 88 valence electrons. The van der Waals surface area contributed by atoms with Crippen molar-refractivity contribution in [1.82, 2.24) is 5.32 Å². The molecule has 0 aromatic rings. The average molecular weight is 214 g/mol. The standard InChI is InChI=1S/C11H22N2O2/c1-11(2)6-5-9(15-11)8-13-7-3-4-10(12)14/h9,13H,3-8H2,1-2H3,(H2,12,14). The van der Waals surface area contributed by atoms with Crippen LogP contribution in [0.4, 0.5) is 0 Å². The Hall–Kier alpha value is -0.610. The van der Waals surface area contributed by atoms with Gasteiger partial charge in [-0.15, -0.1) is 0 Å². The Balaban J connectivity index is 1.99. The molecule has 1 aliphatic rings. The topological polar surface area (TPSA) is 64.3 Å². The van der Waals surface area contributed by atoms with Gasteiger partial charge in [-0.25, -0.2) is 0 Å². The number of ether oxygens (including phenoxy) is 1. The molecule has 1 unspecified atom stereocenters. The fraction of sp³-hybridized carbons (Fsp3) is 0.909. The Labute approximate surface area is 91.5 Å². The van der Waals surface area contributed by atoms with Crippen molar-refractivity contribution < 1.29 is 9.53 Å². The Morgan fingerprint density at radius 2 is 2.33 bits per heavy atom. The maximum Gasteiger partial charge on any atom is 0.217 e. The van der Waals surface area contributed by atoms with E-state index in [0.29, 0.717) is 12.5 Å². The molecular formula is C11H22N2O2.